The number of carbonyl (C=O) groups excluding carboxylic acids is 1. The number of hydrogen-bond donors (Lipinski definition) is 3. The number of nitrogens with one attached hydrogen (secondary N) is 2. The average Bonchev–Trinajstić information content (AvgIpc) is 2.42. The molecule has 0 fully saturated rings. The summed E-state index contributed by atoms with van der Waals surface area (Å²) in [6, 6.07) is 7.05. The van der Waals surface area contributed by atoms with Gasteiger partial charge in [-0.25, -0.2) is 10.8 Å². The van der Waals surface area contributed by atoms with Crippen molar-refractivity contribution >= 4 is 44.9 Å². The Hall–Kier alpha value is -1.63. The second-order valence-electron chi connectivity index (χ2n) is 4.12. The summed E-state index contributed by atoms with van der Waals surface area (Å²) < 4.78 is 0.985. The number of nitrogens with two attached hydrogens (primary N) is 1. The van der Waals surface area contributed by atoms with Crippen LogP contribution >= 0.6 is 27.5 Å². The lowest BCUT2D eigenvalue weighted by Gasteiger charge is -2.08. The SMILES string of the molecule is Cc1cc(NC(=O)c2cnc(NN)c(Cl)c2)ccc1Br. The second kappa shape index (κ2) is 6.21. The number of anilines is 2. The van der Waals surface area contributed by atoms with Crippen LogP contribution in [0, 0.1) is 6.92 Å². The van der Waals surface area contributed by atoms with Crippen molar-refractivity contribution in [3.8, 4) is 0 Å². The minimum absolute atomic E-state index is 0.284. The Balaban J connectivity index is 2.19. The van der Waals surface area contributed by atoms with Crippen LogP contribution < -0.4 is 16.6 Å². The van der Waals surface area contributed by atoms with Crippen LogP contribution in [0.15, 0.2) is 34.9 Å². The number of carbonyl (C=O) groups is 1. The zero-order valence-electron chi connectivity index (χ0n) is 10.6. The maximum atomic E-state index is 12.1. The molecular weight excluding hydrogens is 344 g/mol. The van der Waals surface area contributed by atoms with Crippen molar-refractivity contribution in [2.24, 2.45) is 5.84 Å². The predicted molar refractivity (Wildman–Crippen MR) is 83.9 cm³/mol. The van der Waals surface area contributed by atoms with Crippen molar-refractivity contribution in [3.05, 3.63) is 51.1 Å². The number of hydrogen-bond acceptors (Lipinski definition) is 4. The summed E-state index contributed by atoms with van der Waals surface area (Å²) in [7, 11) is 0. The fraction of sp³-hybridized carbons (Fsp3) is 0.0769. The van der Waals surface area contributed by atoms with Gasteiger partial charge >= 0.3 is 0 Å². The van der Waals surface area contributed by atoms with Gasteiger partial charge in [0.1, 0.15) is 0 Å². The van der Waals surface area contributed by atoms with Gasteiger partial charge in [-0.3, -0.25) is 4.79 Å². The molecule has 0 atom stereocenters. The van der Waals surface area contributed by atoms with Crippen molar-refractivity contribution < 1.29 is 4.79 Å². The van der Waals surface area contributed by atoms with Gasteiger partial charge in [-0.2, -0.15) is 0 Å². The number of pyridine rings is 1. The first kappa shape index (κ1) is 14.8. The number of halogens is 2. The highest BCUT2D eigenvalue weighted by molar-refractivity contribution is 9.10. The van der Waals surface area contributed by atoms with Gasteiger partial charge in [0.15, 0.2) is 5.82 Å². The van der Waals surface area contributed by atoms with Crippen LogP contribution in [0.3, 0.4) is 0 Å². The van der Waals surface area contributed by atoms with Crippen LogP contribution in [0.5, 0.6) is 0 Å². The monoisotopic (exact) mass is 354 g/mol. The minimum Gasteiger partial charge on any atom is -0.322 e. The molecule has 0 aliphatic rings. The largest absolute Gasteiger partial charge is 0.322 e. The third-order valence-electron chi connectivity index (χ3n) is 2.66. The molecule has 4 N–H and O–H groups in total. The molecule has 1 aromatic carbocycles. The van der Waals surface area contributed by atoms with Crippen LogP contribution in [0.1, 0.15) is 15.9 Å². The lowest BCUT2D eigenvalue weighted by Crippen LogP contribution is -2.14. The Kier molecular flexibility index (Phi) is 4.59. The molecule has 0 unspecified atom stereocenters. The Morgan fingerprint density at radius 2 is 2.15 bits per heavy atom. The van der Waals surface area contributed by atoms with Gasteiger partial charge in [-0.05, 0) is 36.8 Å². The number of nitrogen functional groups attached to an aromatic ring is 1. The lowest BCUT2D eigenvalue weighted by molar-refractivity contribution is 0.102. The Labute approximate surface area is 129 Å². The molecule has 0 spiro atoms. The van der Waals surface area contributed by atoms with Gasteiger partial charge in [-0.15, -0.1) is 0 Å². The van der Waals surface area contributed by atoms with E-state index >= 15 is 0 Å². The molecule has 1 heterocycles. The van der Waals surface area contributed by atoms with E-state index in [0.29, 0.717) is 17.1 Å². The third-order valence-corrected chi connectivity index (χ3v) is 3.83. The van der Waals surface area contributed by atoms with E-state index in [2.05, 4.69) is 31.7 Å². The van der Waals surface area contributed by atoms with Crippen LogP contribution in [-0.4, -0.2) is 10.9 Å². The maximum absolute atomic E-state index is 12.1. The fourth-order valence-electron chi connectivity index (χ4n) is 1.59. The number of aryl methyl sites for hydroxylation is 1. The summed E-state index contributed by atoms with van der Waals surface area (Å²) in [6.07, 6.45) is 1.40. The van der Waals surface area contributed by atoms with Crippen LogP contribution in [-0.2, 0) is 0 Å². The van der Waals surface area contributed by atoms with E-state index in [-0.39, 0.29) is 10.9 Å². The van der Waals surface area contributed by atoms with Crippen molar-refractivity contribution in [3.63, 3.8) is 0 Å². The van der Waals surface area contributed by atoms with E-state index in [9.17, 15) is 4.79 Å². The van der Waals surface area contributed by atoms with Crippen LogP contribution in [0.2, 0.25) is 5.02 Å². The maximum Gasteiger partial charge on any atom is 0.257 e. The van der Waals surface area contributed by atoms with E-state index in [1.54, 1.807) is 6.07 Å². The van der Waals surface area contributed by atoms with Crippen molar-refractivity contribution in [2.45, 2.75) is 6.92 Å². The summed E-state index contributed by atoms with van der Waals surface area (Å²) in [5.41, 5.74) is 4.43. The molecule has 20 heavy (non-hydrogen) atoms. The Morgan fingerprint density at radius 3 is 2.75 bits per heavy atom. The Bertz CT molecular complexity index is 663. The molecule has 5 nitrogen and oxygen atoms in total. The number of benzene rings is 1. The van der Waals surface area contributed by atoms with E-state index in [1.807, 2.05) is 19.1 Å². The van der Waals surface area contributed by atoms with E-state index < -0.39 is 0 Å². The molecule has 104 valence electrons. The van der Waals surface area contributed by atoms with Gasteiger partial charge in [0.2, 0.25) is 0 Å². The summed E-state index contributed by atoms with van der Waals surface area (Å²) >= 11 is 9.34. The van der Waals surface area contributed by atoms with Crippen LogP contribution in [0.25, 0.3) is 0 Å². The van der Waals surface area contributed by atoms with Crippen LogP contribution in [0.4, 0.5) is 11.5 Å². The van der Waals surface area contributed by atoms with E-state index in [0.717, 1.165) is 10.0 Å². The average molecular weight is 356 g/mol. The summed E-state index contributed by atoms with van der Waals surface area (Å²) in [5.74, 6) is 5.26. The van der Waals surface area contributed by atoms with Crippen molar-refractivity contribution in [1.82, 2.24) is 4.98 Å². The standard InChI is InChI=1S/C13H12BrClN4O/c1-7-4-9(2-3-10(7)14)18-13(20)8-5-11(15)12(19-16)17-6-8/h2-6H,16H2,1H3,(H,17,19)(H,18,20). The van der Waals surface area contributed by atoms with Gasteiger partial charge < -0.3 is 10.7 Å². The predicted octanol–water partition coefficient (Wildman–Crippen LogP) is 3.34. The first-order valence-electron chi connectivity index (χ1n) is 5.71. The second-order valence-corrected chi connectivity index (χ2v) is 5.38. The summed E-state index contributed by atoms with van der Waals surface area (Å²) in [5, 5.41) is 3.07. The topological polar surface area (TPSA) is 80.0 Å². The molecule has 0 bridgehead atoms. The van der Waals surface area contributed by atoms with Gasteiger partial charge in [-0.1, -0.05) is 27.5 Å². The molecular formula is C13H12BrClN4O. The number of aromatic nitrogens is 1. The summed E-state index contributed by atoms with van der Waals surface area (Å²) in [6.45, 7) is 1.94. The number of rotatable bonds is 3. The Morgan fingerprint density at radius 1 is 1.40 bits per heavy atom. The first-order valence-corrected chi connectivity index (χ1v) is 6.88. The highest BCUT2D eigenvalue weighted by atomic mass is 79.9. The molecule has 2 rings (SSSR count). The number of amides is 1. The lowest BCUT2D eigenvalue weighted by atomic mass is 10.2. The fourth-order valence-corrected chi connectivity index (χ4v) is 2.06. The zero-order chi connectivity index (χ0) is 14.7. The first-order chi connectivity index (χ1) is 9.51. The van der Waals surface area contributed by atoms with E-state index in [1.165, 1.54) is 12.3 Å². The molecule has 0 saturated heterocycles. The molecule has 1 aromatic heterocycles. The molecule has 1 amide bonds. The normalized spacial score (nSPS) is 10.2. The van der Waals surface area contributed by atoms with E-state index in [4.69, 9.17) is 17.4 Å². The number of hydrazine groups is 1. The van der Waals surface area contributed by atoms with Gasteiger partial charge in [0, 0.05) is 16.4 Å². The molecule has 0 radical (unpaired) electrons. The molecule has 0 aliphatic heterocycles. The van der Waals surface area contributed by atoms with Gasteiger partial charge in [0.25, 0.3) is 5.91 Å². The minimum atomic E-state index is -0.287. The quantitative estimate of drug-likeness (QED) is 0.583. The smallest absolute Gasteiger partial charge is 0.257 e. The molecule has 0 saturated carbocycles. The highest BCUT2D eigenvalue weighted by Gasteiger charge is 2.10. The zero-order valence-corrected chi connectivity index (χ0v) is 12.9. The molecule has 2 aromatic rings. The third kappa shape index (κ3) is 3.27. The molecule has 0 aliphatic carbocycles. The van der Waals surface area contributed by atoms with Crippen molar-refractivity contribution in [1.29, 1.82) is 0 Å². The summed E-state index contributed by atoms with van der Waals surface area (Å²) in [4.78, 5) is 16.0. The van der Waals surface area contributed by atoms with Crippen molar-refractivity contribution in [2.75, 3.05) is 10.7 Å². The van der Waals surface area contributed by atoms with Gasteiger partial charge in [0.05, 0.1) is 10.6 Å². The molecule has 7 heteroatoms. The number of nitrogens with zero attached hydrogens (tertiary/aromatic N) is 1. The highest BCUT2D eigenvalue weighted by Crippen LogP contribution is 2.22.